The molecular formula is C44H80N12O13S2. The molecule has 0 bridgehead atoms. The number of carbonyl (C=O) groups excluding carboxylic acids is 8. The highest BCUT2D eigenvalue weighted by molar-refractivity contribution is 7.98. The molecule has 1 fully saturated rings. The van der Waals surface area contributed by atoms with E-state index in [0.29, 0.717) is 57.2 Å². The molecule has 0 spiro atoms. The molecule has 0 aromatic heterocycles. The summed E-state index contributed by atoms with van der Waals surface area (Å²) in [6.07, 6.45) is 4.95. The molecule has 0 aliphatic carbocycles. The van der Waals surface area contributed by atoms with Crippen LogP contribution < -0.4 is 60.2 Å². The Balaban J connectivity index is 3.25. The van der Waals surface area contributed by atoms with Gasteiger partial charge < -0.3 is 80.4 Å². The van der Waals surface area contributed by atoms with Crippen molar-refractivity contribution in [1.82, 2.24) is 42.1 Å². The maximum atomic E-state index is 14.1. The van der Waals surface area contributed by atoms with E-state index in [9.17, 15) is 58.2 Å². The number of amides is 8. The largest absolute Gasteiger partial charge is 0.481 e. The molecule has 406 valence electrons. The second kappa shape index (κ2) is 35.3. The molecule has 1 saturated heterocycles. The summed E-state index contributed by atoms with van der Waals surface area (Å²) in [4.78, 5) is 133. The van der Waals surface area contributed by atoms with Gasteiger partial charge in [-0.05, 0) is 121 Å². The summed E-state index contributed by atoms with van der Waals surface area (Å²) in [5.74, 6) is -9.08. The second-order valence-corrected chi connectivity index (χ2v) is 19.1. The van der Waals surface area contributed by atoms with Gasteiger partial charge in [0.1, 0.15) is 48.3 Å². The van der Waals surface area contributed by atoms with Crippen molar-refractivity contribution in [1.29, 1.82) is 0 Å². The molecule has 0 radical (unpaired) electrons. The summed E-state index contributed by atoms with van der Waals surface area (Å²) in [6, 6.07) is -11.7. The number of carboxylic acid groups (broad SMARTS) is 2. The minimum Gasteiger partial charge on any atom is -0.481 e. The van der Waals surface area contributed by atoms with E-state index in [-0.39, 0.29) is 69.8 Å². The highest BCUT2D eigenvalue weighted by atomic mass is 32.2. The fraction of sp³-hybridized carbons (Fsp3) is 0.773. The molecule has 8 amide bonds. The lowest BCUT2D eigenvalue weighted by Crippen LogP contribution is -2.61. The van der Waals surface area contributed by atoms with Gasteiger partial charge in [-0.3, -0.25) is 43.2 Å². The lowest BCUT2D eigenvalue weighted by atomic mass is 10.0. The van der Waals surface area contributed by atoms with Crippen LogP contribution >= 0.6 is 24.4 Å². The van der Waals surface area contributed by atoms with E-state index in [0.717, 1.165) is 0 Å². The smallest absolute Gasteiger partial charge is 0.326 e. The van der Waals surface area contributed by atoms with Crippen LogP contribution in [0.2, 0.25) is 0 Å². The Kier molecular flexibility index (Phi) is 32.0. The number of carbonyl (C=O) groups is 10. The summed E-state index contributed by atoms with van der Waals surface area (Å²) < 4.78 is 0. The molecule has 71 heavy (non-hydrogen) atoms. The van der Waals surface area contributed by atoms with Gasteiger partial charge in [0.05, 0.1) is 19.1 Å². The predicted octanol–water partition coefficient (Wildman–Crippen LogP) is -3.63. The molecule has 25 nitrogen and oxygen atoms in total. The van der Waals surface area contributed by atoms with Crippen LogP contribution in [-0.4, -0.2) is 184 Å². The molecule has 1 rings (SSSR count). The van der Waals surface area contributed by atoms with E-state index in [1.807, 2.05) is 13.8 Å². The summed E-state index contributed by atoms with van der Waals surface area (Å²) in [5.41, 5.74) is 22.6. The fourth-order valence-electron chi connectivity index (χ4n) is 7.55. The topological polar surface area (TPSA) is 423 Å². The van der Waals surface area contributed by atoms with Crippen LogP contribution in [0, 0.1) is 5.92 Å². The first-order valence-electron chi connectivity index (χ1n) is 24.1. The number of nitrogens with one attached hydrogen (secondary N) is 7. The molecule has 1 heterocycles. The predicted molar refractivity (Wildman–Crippen MR) is 268 cm³/mol. The van der Waals surface area contributed by atoms with Gasteiger partial charge in [0.15, 0.2) is 0 Å². The van der Waals surface area contributed by atoms with E-state index >= 15 is 0 Å². The van der Waals surface area contributed by atoms with E-state index in [1.54, 1.807) is 6.26 Å². The van der Waals surface area contributed by atoms with Crippen LogP contribution in [0.25, 0.3) is 0 Å². The molecule has 9 atom stereocenters. The van der Waals surface area contributed by atoms with Gasteiger partial charge in [0, 0.05) is 12.3 Å². The molecule has 27 heteroatoms. The third kappa shape index (κ3) is 24.0. The van der Waals surface area contributed by atoms with Crippen molar-refractivity contribution in [2.45, 2.75) is 158 Å². The van der Waals surface area contributed by atoms with Crippen LogP contribution in [0.4, 0.5) is 0 Å². The van der Waals surface area contributed by atoms with E-state index in [1.165, 1.54) is 16.7 Å². The lowest BCUT2D eigenvalue weighted by Gasteiger charge is -2.31. The minimum atomic E-state index is -1.66. The number of thioether (sulfide) groups is 1. The SMILES string of the molecule is CSCCC(NC(=O)C(CCCCN)NC(=O)C(N)CC(=O)O)C(=O)NC(CS)C(=O)NC(CO)C(=O)NC(CCCCN)C(=O)NC(CC(C)C)C(=O)N1CCCC1C(=O)NC(CCCCN)C(=O)O. The first-order chi connectivity index (χ1) is 33.7. The summed E-state index contributed by atoms with van der Waals surface area (Å²) in [7, 11) is 0. The zero-order chi connectivity index (χ0) is 53.6. The van der Waals surface area contributed by atoms with Gasteiger partial charge in [0.2, 0.25) is 47.3 Å². The van der Waals surface area contributed by atoms with Gasteiger partial charge in [-0.25, -0.2) is 4.79 Å². The summed E-state index contributed by atoms with van der Waals surface area (Å²) in [5, 5.41) is 46.8. The quantitative estimate of drug-likeness (QED) is 0.0211. The van der Waals surface area contributed by atoms with E-state index in [2.05, 4.69) is 49.8 Å². The van der Waals surface area contributed by atoms with Crippen LogP contribution in [0.1, 0.15) is 104 Å². The number of nitrogens with two attached hydrogens (primary N) is 4. The maximum absolute atomic E-state index is 14.1. The number of likely N-dealkylation sites (tertiary alicyclic amines) is 1. The molecular weight excluding hydrogens is 969 g/mol. The Labute approximate surface area is 425 Å². The average molecular weight is 1050 g/mol. The number of aliphatic hydroxyl groups excluding tert-OH is 1. The number of hydrogen-bond acceptors (Lipinski definition) is 17. The van der Waals surface area contributed by atoms with E-state index in [4.69, 9.17) is 28.0 Å². The molecule has 1 aliphatic rings. The maximum Gasteiger partial charge on any atom is 0.326 e. The Bertz CT molecular complexity index is 1750. The zero-order valence-corrected chi connectivity index (χ0v) is 42.9. The third-order valence-corrected chi connectivity index (χ3v) is 12.5. The number of rotatable bonds is 37. The van der Waals surface area contributed by atoms with Gasteiger partial charge >= 0.3 is 11.9 Å². The number of nitrogens with zero attached hydrogens (tertiary/aromatic N) is 1. The molecule has 0 aromatic carbocycles. The van der Waals surface area contributed by atoms with Crippen molar-refractivity contribution in [2.75, 3.05) is 50.5 Å². The number of unbranched alkanes of at least 4 members (excludes halogenated alkanes) is 3. The highest BCUT2D eigenvalue weighted by Crippen LogP contribution is 2.21. The van der Waals surface area contributed by atoms with Gasteiger partial charge in [-0.2, -0.15) is 24.4 Å². The van der Waals surface area contributed by atoms with Crippen LogP contribution in [0.15, 0.2) is 0 Å². The van der Waals surface area contributed by atoms with Crippen molar-refractivity contribution >= 4 is 83.6 Å². The second-order valence-electron chi connectivity index (χ2n) is 17.8. The van der Waals surface area contributed by atoms with Gasteiger partial charge in [-0.1, -0.05) is 13.8 Å². The Hall–Kier alpha value is -4.80. The number of aliphatic hydroxyl groups is 1. The Morgan fingerprint density at radius 3 is 1.51 bits per heavy atom. The minimum absolute atomic E-state index is 0.0319. The van der Waals surface area contributed by atoms with Crippen molar-refractivity contribution in [3.05, 3.63) is 0 Å². The molecule has 0 saturated carbocycles. The highest BCUT2D eigenvalue weighted by Gasteiger charge is 2.40. The van der Waals surface area contributed by atoms with Crippen molar-refractivity contribution in [3.63, 3.8) is 0 Å². The summed E-state index contributed by atoms with van der Waals surface area (Å²) >= 11 is 5.56. The van der Waals surface area contributed by atoms with Crippen LogP contribution in [0.3, 0.4) is 0 Å². The first kappa shape index (κ1) is 64.2. The van der Waals surface area contributed by atoms with Crippen LogP contribution in [0.5, 0.6) is 0 Å². The zero-order valence-electron chi connectivity index (χ0n) is 41.2. The molecule has 0 aromatic rings. The monoisotopic (exact) mass is 1050 g/mol. The van der Waals surface area contributed by atoms with Crippen molar-refractivity contribution < 1.29 is 63.3 Å². The third-order valence-electron chi connectivity index (χ3n) is 11.5. The Morgan fingerprint density at radius 1 is 0.620 bits per heavy atom. The lowest BCUT2D eigenvalue weighted by molar-refractivity contribution is -0.145. The van der Waals surface area contributed by atoms with Crippen LogP contribution in [-0.2, 0) is 47.9 Å². The fourth-order valence-corrected chi connectivity index (χ4v) is 8.28. The van der Waals surface area contributed by atoms with Crippen molar-refractivity contribution in [2.24, 2.45) is 28.9 Å². The van der Waals surface area contributed by atoms with Gasteiger partial charge in [0.25, 0.3) is 0 Å². The number of carboxylic acids is 2. The molecule has 18 N–H and O–H groups in total. The van der Waals surface area contributed by atoms with E-state index < -0.39 is 127 Å². The Morgan fingerprint density at radius 2 is 1.06 bits per heavy atom. The number of thiol groups is 1. The molecule has 9 unspecified atom stereocenters. The normalized spacial score (nSPS) is 16.8. The summed E-state index contributed by atoms with van der Waals surface area (Å²) in [6.45, 7) is 3.77. The standard InChI is InChI=1S/C44H80N12O13S2/c1-25(2)21-31(43(67)56-19-10-14-34(56)42(66)52-30(44(68)69)13-6-9-18-47)53-38(62)28(12-5-8-17-46)50-40(64)32(23-57)54-41(65)33(24-70)55-39(63)29(15-20-71-3)51-37(61)27(11-4-7-16-45)49-36(60)26(48)22-35(58)59/h25-34,57,70H,4-24,45-48H2,1-3H3,(H,49,60)(H,50,64)(H,51,61)(H,52,66)(H,53,62)(H,54,65)(H,55,63)(H,58,59)(H,68,69). The number of hydrogen-bond donors (Lipinski definition) is 15. The first-order valence-corrected chi connectivity index (χ1v) is 26.2. The molecule has 1 aliphatic heterocycles. The average Bonchev–Trinajstić information content (AvgIpc) is 3.82. The van der Waals surface area contributed by atoms with Crippen molar-refractivity contribution in [3.8, 4) is 0 Å². The number of aliphatic carboxylic acids is 2. The van der Waals surface area contributed by atoms with Gasteiger partial charge in [-0.15, -0.1) is 0 Å².